The van der Waals surface area contributed by atoms with Gasteiger partial charge in [-0.2, -0.15) is 5.26 Å². The molecule has 1 heterocycles. The average molecular weight is 447 g/mol. The number of carbonyl (C=O) groups is 1. The lowest BCUT2D eigenvalue weighted by atomic mass is 10.2. The number of nitrogens with one attached hydrogen (secondary N) is 1. The van der Waals surface area contributed by atoms with Crippen molar-refractivity contribution in [1.82, 2.24) is 9.55 Å². The third-order valence-corrected chi connectivity index (χ3v) is 5.64. The molecular weight excluding hydrogens is 432 g/mol. The number of aromatic nitrogens is 2. The van der Waals surface area contributed by atoms with Crippen LogP contribution in [0.4, 0.5) is 5.69 Å². The first kappa shape index (κ1) is 20.7. The monoisotopic (exact) mass is 446 g/mol. The van der Waals surface area contributed by atoms with Crippen molar-refractivity contribution in [3.63, 3.8) is 0 Å². The number of para-hydroxylation sites is 2. The number of rotatable bonds is 5. The number of benzene rings is 3. The summed E-state index contributed by atoms with van der Waals surface area (Å²) < 4.78 is 1.45. The highest BCUT2D eigenvalue weighted by Gasteiger charge is 2.15. The molecule has 1 N–H and O–H groups in total. The Morgan fingerprint density at radius 3 is 2.68 bits per heavy atom. The van der Waals surface area contributed by atoms with Gasteiger partial charge >= 0.3 is 0 Å². The lowest BCUT2D eigenvalue weighted by molar-refractivity contribution is -0.113. The fourth-order valence-electron chi connectivity index (χ4n) is 3.06. The molecule has 0 aliphatic rings. The van der Waals surface area contributed by atoms with Crippen molar-refractivity contribution >= 4 is 45.9 Å². The fraction of sp³-hybridized carbons (Fsp3) is 0.0435. The lowest BCUT2D eigenvalue weighted by Crippen LogP contribution is -2.23. The third-order valence-electron chi connectivity index (χ3n) is 4.47. The standard InChI is InChI=1S/C23H15ClN4O2S/c24-16-7-5-8-17(12-16)28-22(30)18-9-2-4-11-20(18)27-23(28)31-14-21(29)26-19-10-3-1-6-15(19)13-25/h1-12H,14H2,(H,26,29). The zero-order chi connectivity index (χ0) is 21.8. The van der Waals surface area contributed by atoms with Crippen LogP contribution >= 0.6 is 23.4 Å². The highest BCUT2D eigenvalue weighted by molar-refractivity contribution is 7.99. The molecule has 8 heteroatoms. The number of anilines is 1. The summed E-state index contributed by atoms with van der Waals surface area (Å²) in [6.07, 6.45) is 0. The lowest BCUT2D eigenvalue weighted by Gasteiger charge is -2.13. The predicted octanol–water partition coefficient (Wildman–Crippen LogP) is 4.64. The molecule has 0 radical (unpaired) electrons. The summed E-state index contributed by atoms with van der Waals surface area (Å²) in [4.78, 5) is 30.3. The van der Waals surface area contributed by atoms with Gasteiger partial charge in [-0.3, -0.25) is 14.2 Å². The largest absolute Gasteiger partial charge is 0.324 e. The second kappa shape index (κ2) is 9.04. The molecule has 6 nitrogen and oxygen atoms in total. The summed E-state index contributed by atoms with van der Waals surface area (Å²) in [5.74, 6) is -0.307. The highest BCUT2D eigenvalue weighted by atomic mass is 35.5. The van der Waals surface area contributed by atoms with E-state index in [1.807, 2.05) is 6.07 Å². The number of halogens is 1. The van der Waals surface area contributed by atoms with Crippen molar-refractivity contribution in [2.45, 2.75) is 5.16 Å². The zero-order valence-electron chi connectivity index (χ0n) is 16.1. The first-order valence-electron chi connectivity index (χ1n) is 9.26. The first-order valence-corrected chi connectivity index (χ1v) is 10.6. The quantitative estimate of drug-likeness (QED) is 0.356. The summed E-state index contributed by atoms with van der Waals surface area (Å²) in [5, 5.41) is 13.3. The molecule has 0 unspecified atom stereocenters. The van der Waals surface area contributed by atoms with Gasteiger partial charge in [0.05, 0.1) is 33.6 Å². The van der Waals surface area contributed by atoms with Crippen molar-refractivity contribution in [2.75, 3.05) is 11.1 Å². The minimum absolute atomic E-state index is 0.00507. The average Bonchev–Trinajstić information content (AvgIpc) is 2.78. The van der Waals surface area contributed by atoms with E-state index in [4.69, 9.17) is 11.6 Å². The summed E-state index contributed by atoms with van der Waals surface area (Å²) in [5.41, 5.74) is 1.68. The molecule has 3 aromatic carbocycles. The van der Waals surface area contributed by atoms with E-state index in [1.165, 1.54) is 4.57 Å². The van der Waals surface area contributed by atoms with Gasteiger partial charge in [-0.05, 0) is 42.5 Å². The van der Waals surface area contributed by atoms with Crippen molar-refractivity contribution in [2.24, 2.45) is 0 Å². The fourth-order valence-corrected chi connectivity index (χ4v) is 4.06. The highest BCUT2D eigenvalue weighted by Crippen LogP contribution is 2.23. The van der Waals surface area contributed by atoms with Gasteiger partial charge in [0, 0.05) is 5.02 Å². The number of hydrogen-bond acceptors (Lipinski definition) is 5. The molecule has 0 fully saturated rings. The summed E-state index contributed by atoms with van der Waals surface area (Å²) >= 11 is 7.26. The number of nitriles is 1. The number of carbonyl (C=O) groups excluding carboxylic acids is 1. The number of thioether (sulfide) groups is 1. The third kappa shape index (κ3) is 4.45. The second-order valence-corrected chi connectivity index (χ2v) is 7.91. The Morgan fingerprint density at radius 2 is 1.87 bits per heavy atom. The molecule has 0 atom stereocenters. The Hall–Kier alpha value is -3.60. The molecule has 0 spiro atoms. The van der Waals surface area contributed by atoms with E-state index in [9.17, 15) is 14.9 Å². The normalized spacial score (nSPS) is 10.6. The van der Waals surface area contributed by atoms with Gasteiger partial charge in [0.25, 0.3) is 5.56 Å². The van der Waals surface area contributed by atoms with E-state index < -0.39 is 0 Å². The van der Waals surface area contributed by atoms with Crippen LogP contribution in [0.3, 0.4) is 0 Å². The van der Waals surface area contributed by atoms with E-state index >= 15 is 0 Å². The van der Waals surface area contributed by atoms with Gasteiger partial charge < -0.3 is 5.32 Å². The van der Waals surface area contributed by atoms with Gasteiger partial charge in [-0.25, -0.2) is 4.98 Å². The molecule has 0 aliphatic carbocycles. The minimum Gasteiger partial charge on any atom is -0.324 e. The molecule has 4 aromatic rings. The van der Waals surface area contributed by atoms with Crippen LogP contribution in [0.5, 0.6) is 0 Å². The second-order valence-electron chi connectivity index (χ2n) is 6.53. The molecule has 0 saturated carbocycles. The van der Waals surface area contributed by atoms with Crippen molar-refractivity contribution in [3.8, 4) is 11.8 Å². The SMILES string of the molecule is N#Cc1ccccc1NC(=O)CSc1nc2ccccc2c(=O)n1-c1cccc(Cl)c1. The molecule has 1 amide bonds. The molecule has 1 aromatic heterocycles. The van der Waals surface area contributed by atoms with Crippen molar-refractivity contribution in [1.29, 1.82) is 5.26 Å². The molecule has 31 heavy (non-hydrogen) atoms. The number of fused-ring (bicyclic) bond motifs is 1. The van der Waals surface area contributed by atoms with Crippen LogP contribution in [0, 0.1) is 11.3 Å². The van der Waals surface area contributed by atoms with E-state index in [0.717, 1.165) is 11.8 Å². The maximum atomic E-state index is 13.2. The van der Waals surface area contributed by atoms with Crippen LogP contribution in [-0.2, 0) is 4.79 Å². The van der Waals surface area contributed by atoms with E-state index in [2.05, 4.69) is 10.3 Å². The van der Waals surface area contributed by atoms with E-state index in [-0.39, 0.29) is 17.2 Å². The smallest absolute Gasteiger partial charge is 0.266 e. The molecule has 4 rings (SSSR count). The zero-order valence-corrected chi connectivity index (χ0v) is 17.7. The summed E-state index contributed by atoms with van der Waals surface area (Å²) in [6, 6.07) is 22.8. The van der Waals surface area contributed by atoms with Gasteiger partial charge in [-0.15, -0.1) is 0 Å². The Morgan fingerprint density at radius 1 is 1.10 bits per heavy atom. The molecule has 0 saturated heterocycles. The van der Waals surface area contributed by atoms with Crippen LogP contribution in [0.1, 0.15) is 5.56 Å². The molecular formula is C23H15ClN4O2S. The first-order chi connectivity index (χ1) is 15.1. The Kier molecular flexibility index (Phi) is 6.03. The number of amides is 1. The molecule has 0 bridgehead atoms. The van der Waals surface area contributed by atoms with E-state index in [1.54, 1.807) is 72.8 Å². The molecule has 152 valence electrons. The number of hydrogen-bond donors (Lipinski definition) is 1. The Balaban J connectivity index is 1.68. The number of nitrogens with zero attached hydrogens (tertiary/aromatic N) is 3. The van der Waals surface area contributed by atoms with E-state index in [0.29, 0.717) is 38.0 Å². The van der Waals surface area contributed by atoms with Gasteiger partial charge in [0.15, 0.2) is 5.16 Å². The van der Waals surface area contributed by atoms with Crippen LogP contribution < -0.4 is 10.9 Å². The van der Waals surface area contributed by atoms with Crippen LogP contribution in [0.25, 0.3) is 16.6 Å². The minimum atomic E-state index is -0.312. The van der Waals surface area contributed by atoms with Gasteiger partial charge in [0.2, 0.25) is 5.91 Å². The Bertz CT molecular complexity index is 1390. The van der Waals surface area contributed by atoms with Crippen molar-refractivity contribution < 1.29 is 4.79 Å². The van der Waals surface area contributed by atoms with Gasteiger partial charge in [-0.1, -0.05) is 53.7 Å². The maximum Gasteiger partial charge on any atom is 0.266 e. The van der Waals surface area contributed by atoms with Crippen molar-refractivity contribution in [3.05, 3.63) is 93.7 Å². The predicted molar refractivity (Wildman–Crippen MR) is 123 cm³/mol. The molecule has 0 aliphatic heterocycles. The topological polar surface area (TPSA) is 87.8 Å². The summed E-state index contributed by atoms with van der Waals surface area (Å²) in [6.45, 7) is 0. The van der Waals surface area contributed by atoms with Crippen LogP contribution in [-0.4, -0.2) is 21.2 Å². The maximum absolute atomic E-state index is 13.2. The van der Waals surface area contributed by atoms with Gasteiger partial charge in [0.1, 0.15) is 6.07 Å². The summed E-state index contributed by atoms with van der Waals surface area (Å²) in [7, 11) is 0. The Labute approximate surface area is 187 Å². The van der Waals surface area contributed by atoms with Crippen LogP contribution in [0.2, 0.25) is 5.02 Å². The van der Waals surface area contributed by atoms with Crippen LogP contribution in [0.15, 0.2) is 82.7 Å².